The molecule has 3 aromatic rings. The zero-order chi connectivity index (χ0) is 16.1. The topological polar surface area (TPSA) is 36.1 Å². The van der Waals surface area contributed by atoms with Crippen LogP contribution in [0.3, 0.4) is 0 Å². The van der Waals surface area contributed by atoms with Crippen molar-refractivity contribution >= 4 is 39.5 Å². The molecule has 4 heteroatoms. The average Bonchev–Trinajstić information content (AvgIpc) is 2.60. The number of nitrogens with one attached hydrogen (secondary N) is 3. The SMILES string of the molecule is C=C(NNC(=S)Nc1ccccc1)c1cccc2ccccc12. The fourth-order valence-electron chi connectivity index (χ4n) is 2.37. The lowest BCUT2D eigenvalue weighted by Crippen LogP contribution is -2.38. The zero-order valence-electron chi connectivity index (χ0n) is 12.5. The van der Waals surface area contributed by atoms with E-state index in [1.807, 2.05) is 54.6 Å². The van der Waals surface area contributed by atoms with Crippen molar-refractivity contribution in [3.8, 4) is 0 Å². The van der Waals surface area contributed by atoms with Gasteiger partial charge in [-0.2, -0.15) is 0 Å². The van der Waals surface area contributed by atoms with Gasteiger partial charge in [0.25, 0.3) is 0 Å². The Hall–Kier alpha value is -2.85. The van der Waals surface area contributed by atoms with Crippen LogP contribution in [0.1, 0.15) is 5.56 Å². The van der Waals surface area contributed by atoms with Crippen LogP contribution in [0.15, 0.2) is 79.4 Å². The van der Waals surface area contributed by atoms with E-state index in [1.54, 1.807) is 0 Å². The molecule has 3 aromatic carbocycles. The molecule has 23 heavy (non-hydrogen) atoms. The Balaban J connectivity index is 1.66. The maximum atomic E-state index is 5.27. The zero-order valence-corrected chi connectivity index (χ0v) is 13.4. The molecule has 0 saturated carbocycles. The number of hydrogen-bond donors (Lipinski definition) is 3. The molecule has 0 spiro atoms. The molecule has 0 aromatic heterocycles. The van der Waals surface area contributed by atoms with E-state index in [2.05, 4.69) is 40.9 Å². The maximum absolute atomic E-state index is 5.27. The quantitative estimate of drug-likeness (QED) is 0.495. The van der Waals surface area contributed by atoms with Gasteiger partial charge in [-0.05, 0) is 35.1 Å². The second-order valence-corrected chi connectivity index (χ2v) is 5.48. The van der Waals surface area contributed by atoms with Crippen molar-refractivity contribution in [3.05, 3.63) is 84.9 Å². The maximum Gasteiger partial charge on any atom is 0.189 e. The number of benzene rings is 3. The van der Waals surface area contributed by atoms with Crippen LogP contribution in [-0.2, 0) is 0 Å². The smallest absolute Gasteiger partial charge is 0.189 e. The van der Waals surface area contributed by atoms with Crippen molar-refractivity contribution < 1.29 is 0 Å². The highest BCUT2D eigenvalue weighted by atomic mass is 32.1. The van der Waals surface area contributed by atoms with E-state index in [1.165, 1.54) is 5.39 Å². The van der Waals surface area contributed by atoms with Crippen LogP contribution >= 0.6 is 12.2 Å². The van der Waals surface area contributed by atoms with Crippen molar-refractivity contribution in [3.63, 3.8) is 0 Å². The van der Waals surface area contributed by atoms with Crippen LogP contribution in [0.5, 0.6) is 0 Å². The van der Waals surface area contributed by atoms with Crippen LogP contribution < -0.4 is 16.2 Å². The summed E-state index contributed by atoms with van der Waals surface area (Å²) < 4.78 is 0. The summed E-state index contributed by atoms with van der Waals surface area (Å²) in [6.07, 6.45) is 0. The van der Waals surface area contributed by atoms with E-state index in [4.69, 9.17) is 12.2 Å². The number of para-hydroxylation sites is 1. The van der Waals surface area contributed by atoms with E-state index < -0.39 is 0 Å². The molecule has 0 aliphatic rings. The first-order valence-electron chi connectivity index (χ1n) is 7.29. The summed E-state index contributed by atoms with van der Waals surface area (Å²) in [6.45, 7) is 4.09. The second kappa shape index (κ2) is 6.94. The molecule has 0 aliphatic carbocycles. The van der Waals surface area contributed by atoms with Crippen LogP contribution in [0, 0.1) is 0 Å². The molecule has 114 valence electrons. The summed E-state index contributed by atoms with van der Waals surface area (Å²) in [6, 6.07) is 24.1. The van der Waals surface area contributed by atoms with Gasteiger partial charge in [-0.25, -0.2) is 0 Å². The Bertz CT molecular complexity index is 838. The van der Waals surface area contributed by atoms with Crippen LogP contribution in [-0.4, -0.2) is 5.11 Å². The Kier molecular flexibility index (Phi) is 4.54. The third-order valence-corrected chi connectivity index (χ3v) is 3.68. The van der Waals surface area contributed by atoms with Crippen molar-refractivity contribution in [1.82, 2.24) is 10.9 Å². The lowest BCUT2D eigenvalue weighted by molar-refractivity contribution is 0.852. The lowest BCUT2D eigenvalue weighted by atomic mass is 10.0. The number of fused-ring (bicyclic) bond motifs is 1. The second-order valence-electron chi connectivity index (χ2n) is 5.08. The average molecular weight is 319 g/mol. The van der Waals surface area contributed by atoms with Crippen molar-refractivity contribution in [2.45, 2.75) is 0 Å². The molecule has 3 rings (SSSR count). The van der Waals surface area contributed by atoms with Gasteiger partial charge in [-0.15, -0.1) is 0 Å². The highest BCUT2D eigenvalue weighted by Gasteiger charge is 2.04. The van der Waals surface area contributed by atoms with Crippen molar-refractivity contribution in [2.24, 2.45) is 0 Å². The largest absolute Gasteiger partial charge is 0.331 e. The molecule has 0 atom stereocenters. The summed E-state index contributed by atoms with van der Waals surface area (Å²) in [4.78, 5) is 0. The lowest BCUT2D eigenvalue weighted by Gasteiger charge is -2.15. The molecule has 0 fully saturated rings. The Morgan fingerprint density at radius 2 is 1.48 bits per heavy atom. The van der Waals surface area contributed by atoms with Gasteiger partial charge in [0.1, 0.15) is 0 Å². The highest BCUT2D eigenvalue weighted by molar-refractivity contribution is 7.80. The number of hydrogen-bond acceptors (Lipinski definition) is 2. The first-order valence-corrected chi connectivity index (χ1v) is 7.70. The first kappa shape index (κ1) is 15.1. The molecular formula is C19H17N3S. The van der Waals surface area contributed by atoms with E-state index in [0.717, 1.165) is 22.3 Å². The van der Waals surface area contributed by atoms with Crippen LogP contribution in [0.4, 0.5) is 5.69 Å². The first-order chi connectivity index (χ1) is 11.2. The van der Waals surface area contributed by atoms with Gasteiger partial charge in [-0.1, -0.05) is 67.2 Å². The van der Waals surface area contributed by atoms with Crippen molar-refractivity contribution in [2.75, 3.05) is 5.32 Å². The molecule has 0 saturated heterocycles. The third-order valence-electron chi connectivity index (χ3n) is 3.47. The molecule has 3 N–H and O–H groups in total. The van der Waals surface area contributed by atoms with E-state index in [9.17, 15) is 0 Å². The summed E-state index contributed by atoms with van der Waals surface area (Å²) in [5.41, 5.74) is 8.76. The number of rotatable bonds is 4. The fraction of sp³-hybridized carbons (Fsp3) is 0. The van der Waals surface area contributed by atoms with Gasteiger partial charge < -0.3 is 5.32 Å². The van der Waals surface area contributed by atoms with Crippen molar-refractivity contribution in [1.29, 1.82) is 0 Å². The molecule has 0 unspecified atom stereocenters. The summed E-state index contributed by atoms with van der Waals surface area (Å²) in [5.74, 6) is 0. The molecule has 0 radical (unpaired) electrons. The number of thiocarbonyl (C=S) groups is 1. The van der Waals surface area contributed by atoms with Gasteiger partial charge >= 0.3 is 0 Å². The minimum atomic E-state index is 0.484. The summed E-state index contributed by atoms with van der Waals surface area (Å²) in [7, 11) is 0. The van der Waals surface area contributed by atoms with Gasteiger partial charge in [0.05, 0.1) is 5.70 Å². The Labute approximate surface area is 141 Å². The van der Waals surface area contributed by atoms with E-state index in [0.29, 0.717) is 5.11 Å². The molecule has 0 bridgehead atoms. The molecular weight excluding hydrogens is 302 g/mol. The van der Waals surface area contributed by atoms with Gasteiger partial charge in [0.15, 0.2) is 5.11 Å². The predicted molar refractivity (Wildman–Crippen MR) is 102 cm³/mol. The standard InChI is InChI=1S/C19H17N3S/c1-14(17-13-7-9-15-8-5-6-12-18(15)17)21-22-19(23)20-16-10-3-2-4-11-16/h2-13,21H,1H2,(H2,20,22,23). The number of hydrazine groups is 1. The highest BCUT2D eigenvalue weighted by Crippen LogP contribution is 2.22. The molecule has 0 aliphatic heterocycles. The normalized spacial score (nSPS) is 10.1. The van der Waals surface area contributed by atoms with E-state index >= 15 is 0 Å². The monoisotopic (exact) mass is 319 g/mol. The molecule has 0 heterocycles. The van der Waals surface area contributed by atoms with Crippen LogP contribution in [0.25, 0.3) is 16.5 Å². The van der Waals surface area contributed by atoms with Gasteiger partial charge in [0.2, 0.25) is 0 Å². The van der Waals surface area contributed by atoms with Gasteiger partial charge in [0, 0.05) is 11.3 Å². The minimum Gasteiger partial charge on any atom is -0.331 e. The Morgan fingerprint density at radius 3 is 2.30 bits per heavy atom. The van der Waals surface area contributed by atoms with E-state index in [-0.39, 0.29) is 0 Å². The predicted octanol–water partition coefficient (Wildman–Crippen LogP) is 4.30. The van der Waals surface area contributed by atoms with Crippen LogP contribution in [0.2, 0.25) is 0 Å². The minimum absolute atomic E-state index is 0.484. The summed E-state index contributed by atoms with van der Waals surface area (Å²) >= 11 is 5.27. The third kappa shape index (κ3) is 3.67. The molecule has 0 amide bonds. The fourth-order valence-corrected chi connectivity index (χ4v) is 2.54. The molecule has 3 nitrogen and oxygen atoms in total. The van der Waals surface area contributed by atoms with Gasteiger partial charge in [-0.3, -0.25) is 10.9 Å². The Morgan fingerprint density at radius 1 is 0.783 bits per heavy atom. The number of anilines is 1. The summed E-state index contributed by atoms with van der Waals surface area (Å²) in [5, 5.41) is 5.91.